The van der Waals surface area contributed by atoms with E-state index in [2.05, 4.69) is 28.5 Å². The van der Waals surface area contributed by atoms with E-state index in [1.807, 2.05) is 18.3 Å². The number of imidazole rings is 1. The van der Waals surface area contributed by atoms with Gasteiger partial charge in [-0.15, -0.1) is 0 Å². The minimum Gasteiger partial charge on any atom is -0.508 e. The molecular formula is C13H17N3O. The summed E-state index contributed by atoms with van der Waals surface area (Å²) in [5, 5.41) is 9.27. The number of rotatable bonds is 4. The molecular weight excluding hydrogens is 214 g/mol. The van der Waals surface area contributed by atoms with Gasteiger partial charge in [0.1, 0.15) is 11.6 Å². The monoisotopic (exact) mass is 231 g/mol. The predicted octanol–water partition coefficient (Wildman–Crippen LogP) is 1.82. The Labute approximate surface area is 101 Å². The molecule has 0 aliphatic carbocycles. The van der Waals surface area contributed by atoms with Gasteiger partial charge in [0.15, 0.2) is 0 Å². The first-order valence-corrected chi connectivity index (χ1v) is 5.62. The fourth-order valence-corrected chi connectivity index (χ4v) is 1.67. The van der Waals surface area contributed by atoms with Gasteiger partial charge in [0.05, 0.1) is 0 Å². The van der Waals surface area contributed by atoms with E-state index in [4.69, 9.17) is 0 Å². The lowest BCUT2D eigenvalue weighted by Crippen LogP contribution is -2.18. The normalized spacial score (nSPS) is 11.0. The van der Waals surface area contributed by atoms with Crippen molar-refractivity contribution in [3.05, 3.63) is 36.7 Å². The lowest BCUT2D eigenvalue weighted by atomic mass is 10.2. The third-order valence-electron chi connectivity index (χ3n) is 2.63. The molecule has 0 bridgehead atoms. The van der Waals surface area contributed by atoms with E-state index in [1.165, 1.54) is 0 Å². The standard InChI is InChI=1S/C13H17N3O/c1-15(2)9-10-16-8-7-14-13(16)11-3-5-12(17)6-4-11/h3-8,17H,9-10H2,1-2H3. The minimum absolute atomic E-state index is 0.278. The van der Waals surface area contributed by atoms with Gasteiger partial charge in [-0.05, 0) is 38.4 Å². The predicted molar refractivity (Wildman–Crippen MR) is 67.9 cm³/mol. The van der Waals surface area contributed by atoms with Crippen LogP contribution in [0, 0.1) is 0 Å². The van der Waals surface area contributed by atoms with Crippen molar-refractivity contribution in [2.24, 2.45) is 0 Å². The number of aromatic nitrogens is 2. The fraction of sp³-hybridized carbons (Fsp3) is 0.308. The highest BCUT2D eigenvalue weighted by atomic mass is 16.3. The van der Waals surface area contributed by atoms with E-state index in [0.717, 1.165) is 24.5 Å². The molecule has 0 unspecified atom stereocenters. The van der Waals surface area contributed by atoms with Crippen LogP contribution in [0.25, 0.3) is 11.4 Å². The maximum Gasteiger partial charge on any atom is 0.139 e. The van der Waals surface area contributed by atoms with Crippen LogP contribution in [0.1, 0.15) is 0 Å². The quantitative estimate of drug-likeness (QED) is 0.872. The van der Waals surface area contributed by atoms with Gasteiger partial charge in [-0.3, -0.25) is 0 Å². The molecule has 0 atom stereocenters. The smallest absolute Gasteiger partial charge is 0.139 e. The molecule has 0 spiro atoms. The van der Waals surface area contributed by atoms with E-state index in [1.54, 1.807) is 18.3 Å². The minimum atomic E-state index is 0.278. The van der Waals surface area contributed by atoms with E-state index in [-0.39, 0.29) is 5.75 Å². The first kappa shape index (κ1) is 11.7. The molecule has 1 aromatic heterocycles. The second-order valence-corrected chi connectivity index (χ2v) is 4.29. The van der Waals surface area contributed by atoms with Crippen molar-refractivity contribution in [3.63, 3.8) is 0 Å². The molecule has 0 saturated heterocycles. The van der Waals surface area contributed by atoms with Crippen LogP contribution in [-0.4, -0.2) is 40.2 Å². The first-order valence-electron chi connectivity index (χ1n) is 5.62. The number of hydrogen-bond acceptors (Lipinski definition) is 3. The molecule has 0 amide bonds. The summed E-state index contributed by atoms with van der Waals surface area (Å²) >= 11 is 0. The number of benzene rings is 1. The van der Waals surface area contributed by atoms with Gasteiger partial charge >= 0.3 is 0 Å². The summed E-state index contributed by atoms with van der Waals surface area (Å²) in [6.07, 6.45) is 3.78. The van der Waals surface area contributed by atoms with Gasteiger partial charge in [-0.25, -0.2) is 4.98 Å². The van der Waals surface area contributed by atoms with Crippen LogP contribution >= 0.6 is 0 Å². The van der Waals surface area contributed by atoms with Crippen LogP contribution in [0.5, 0.6) is 5.75 Å². The molecule has 0 radical (unpaired) electrons. The van der Waals surface area contributed by atoms with Crippen molar-refractivity contribution in [3.8, 4) is 17.1 Å². The molecule has 0 saturated carbocycles. The maximum atomic E-state index is 9.27. The van der Waals surface area contributed by atoms with Crippen molar-refractivity contribution in [2.45, 2.75) is 6.54 Å². The van der Waals surface area contributed by atoms with Crippen LogP contribution in [0.15, 0.2) is 36.7 Å². The topological polar surface area (TPSA) is 41.3 Å². The molecule has 17 heavy (non-hydrogen) atoms. The highest BCUT2D eigenvalue weighted by Gasteiger charge is 2.05. The molecule has 0 fully saturated rings. The third kappa shape index (κ3) is 2.85. The van der Waals surface area contributed by atoms with Crippen molar-refractivity contribution in [1.29, 1.82) is 0 Å². The summed E-state index contributed by atoms with van der Waals surface area (Å²) in [6.45, 7) is 1.88. The number of phenolic OH excluding ortho intramolecular Hbond substituents is 1. The number of nitrogens with zero attached hydrogens (tertiary/aromatic N) is 3. The molecule has 1 N–H and O–H groups in total. The van der Waals surface area contributed by atoms with Gasteiger partial charge in [-0.2, -0.15) is 0 Å². The highest BCUT2D eigenvalue weighted by Crippen LogP contribution is 2.20. The molecule has 4 nitrogen and oxygen atoms in total. The van der Waals surface area contributed by atoms with Crippen molar-refractivity contribution in [1.82, 2.24) is 14.5 Å². The molecule has 90 valence electrons. The van der Waals surface area contributed by atoms with Gasteiger partial charge in [0.25, 0.3) is 0 Å². The van der Waals surface area contributed by atoms with Crippen molar-refractivity contribution >= 4 is 0 Å². The molecule has 1 heterocycles. The zero-order chi connectivity index (χ0) is 12.3. The maximum absolute atomic E-state index is 9.27. The second-order valence-electron chi connectivity index (χ2n) is 4.29. The SMILES string of the molecule is CN(C)CCn1ccnc1-c1ccc(O)cc1. The van der Waals surface area contributed by atoms with Crippen LogP contribution in [-0.2, 0) is 6.54 Å². The summed E-state index contributed by atoms with van der Waals surface area (Å²) in [5.74, 6) is 1.21. The molecule has 2 aromatic rings. The molecule has 0 aliphatic rings. The Balaban J connectivity index is 2.21. The second kappa shape index (κ2) is 5.01. The van der Waals surface area contributed by atoms with Gasteiger partial charge in [-0.1, -0.05) is 0 Å². The Bertz CT molecular complexity index is 474. The Morgan fingerprint density at radius 3 is 2.59 bits per heavy atom. The van der Waals surface area contributed by atoms with Gasteiger partial charge in [0.2, 0.25) is 0 Å². The molecule has 1 aromatic carbocycles. The van der Waals surface area contributed by atoms with E-state index < -0.39 is 0 Å². The third-order valence-corrected chi connectivity index (χ3v) is 2.63. The Kier molecular flexibility index (Phi) is 3.44. The Morgan fingerprint density at radius 1 is 1.24 bits per heavy atom. The summed E-state index contributed by atoms with van der Waals surface area (Å²) in [6, 6.07) is 7.12. The zero-order valence-corrected chi connectivity index (χ0v) is 10.2. The fourth-order valence-electron chi connectivity index (χ4n) is 1.67. The summed E-state index contributed by atoms with van der Waals surface area (Å²) in [4.78, 5) is 6.50. The van der Waals surface area contributed by atoms with Gasteiger partial charge in [0, 0.05) is 31.0 Å². The largest absolute Gasteiger partial charge is 0.508 e. The van der Waals surface area contributed by atoms with Crippen LogP contribution in [0.2, 0.25) is 0 Å². The van der Waals surface area contributed by atoms with Crippen LogP contribution < -0.4 is 0 Å². The Hall–Kier alpha value is -1.81. The number of hydrogen-bond donors (Lipinski definition) is 1. The summed E-state index contributed by atoms with van der Waals surface area (Å²) < 4.78 is 2.12. The van der Waals surface area contributed by atoms with E-state index in [9.17, 15) is 5.11 Å². The highest BCUT2D eigenvalue weighted by molar-refractivity contribution is 5.56. The number of aromatic hydroxyl groups is 1. The molecule has 0 aliphatic heterocycles. The number of likely N-dealkylation sites (N-methyl/N-ethyl adjacent to an activating group) is 1. The lowest BCUT2D eigenvalue weighted by Gasteiger charge is -2.12. The van der Waals surface area contributed by atoms with Crippen LogP contribution in [0.4, 0.5) is 0 Å². The summed E-state index contributed by atoms with van der Waals surface area (Å²) in [7, 11) is 4.11. The molecule has 4 heteroatoms. The first-order chi connectivity index (χ1) is 8.16. The number of phenols is 1. The van der Waals surface area contributed by atoms with Crippen molar-refractivity contribution in [2.75, 3.05) is 20.6 Å². The lowest BCUT2D eigenvalue weighted by molar-refractivity contribution is 0.385. The summed E-state index contributed by atoms with van der Waals surface area (Å²) in [5.41, 5.74) is 1.02. The van der Waals surface area contributed by atoms with Crippen LogP contribution in [0.3, 0.4) is 0 Å². The van der Waals surface area contributed by atoms with Gasteiger partial charge < -0.3 is 14.6 Å². The Morgan fingerprint density at radius 2 is 1.94 bits per heavy atom. The zero-order valence-electron chi connectivity index (χ0n) is 10.2. The van der Waals surface area contributed by atoms with E-state index in [0.29, 0.717) is 0 Å². The van der Waals surface area contributed by atoms with E-state index >= 15 is 0 Å². The average Bonchev–Trinajstić information content (AvgIpc) is 2.75. The van der Waals surface area contributed by atoms with Crippen molar-refractivity contribution < 1.29 is 5.11 Å². The average molecular weight is 231 g/mol. The molecule has 2 rings (SSSR count).